The fourth-order valence-electron chi connectivity index (χ4n) is 2.56. The van der Waals surface area contributed by atoms with Crippen molar-refractivity contribution in [2.75, 3.05) is 17.3 Å². The van der Waals surface area contributed by atoms with E-state index in [9.17, 15) is 4.79 Å². The van der Waals surface area contributed by atoms with Gasteiger partial charge in [-0.1, -0.05) is 12.1 Å². The van der Waals surface area contributed by atoms with Gasteiger partial charge in [-0.05, 0) is 37.7 Å². The van der Waals surface area contributed by atoms with Gasteiger partial charge >= 0.3 is 0 Å². The average molecular weight is 263 g/mol. The number of hydrogen-bond donors (Lipinski definition) is 0. The van der Waals surface area contributed by atoms with Crippen LogP contribution >= 0.6 is 11.8 Å². The first kappa shape index (κ1) is 11.9. The molecule has 96 valence electrons. The molecule has 0 bridgehead atoms. The van der Waals surface area contributed by atoms with Gasteiger partial charge in [-0.15, -0.1) is 11.8 Å². The highest BCUT2D eigenvalue weighted by atomic mass is 32.2. The number of ether oxygens (including phenoxy) is 1. The number of hydrogen-bond acceptors (Lipinski definition) is 3. The predicted molar refractivity (Wildman–Crippen MR) is 74.4 cm³/mol. The Morgan fingerprint density at radius 3 is 3.06 bits per heavy atom. The molecule has 2 atom stereocenters. The van der Waals surface area contributed by atoms with Crippen molar-refractivity contribution in [1.82, 2.24) is 0 Å². The number of nitrogens with zero attached hydrogens (tertiary/aromatic N) is 1. The lowest BCUT2D eigenvalue weighted by Crippen LogP contribution is -2.48. The molecule has 18 heavy (non-hydrogen) atoms. The second-order valence-electron chi connectivity index (χ2n) is 4.84. The van der Waals surface area contributed by atoms with Crippen LogP contribution in [0.2, 0.25) is 0 Å². The lowest BCUT2D eigenvalue weighted by molar-refractivity contribution is -0.118. The smallest absolute Gasteiger partial charge is 0.240 e. The fourth-order valence-corrected chi connectivity index (χ4v) is 3.77. The number of rotatable bonds is 1. The molecule has 0 radical (unpaired) electrons. The van der Waals surface area contributed by atoms with Gasteiger partial charge in [-0.3, -0.25) is 4.79 Å². The number of carbonyl (C=O) groups excluding carboxylic acids is 1. The summed E-state index contributed by atoms with van der Waals surface area (Å²) in [5.41, 5.74) is 0.925. The van der Waals surface area contributed by atoms with Crippen LogP contribution in [-0.4, -0.2) is 29.6 Å². The van der Waals surface area contributed by atoms with Crippen LogP contribution < -0.4 is 9.64 Å². The second-order valence-corrected chi connectivity index (χ2v) is 6.15. The van der Waals surface area contributed by atoms with Crippen molar-refractivity contribution < 1.29 is 9.53 Å². The van der Waals surface area contributed by atoms with E-state index in [4.69, 9.17) is 4.74 Å². The number of fused-ring (bicyclic) bond motifs is 1. The summed E-state index contributed by atoms with van der Waals surface area (Å²) in [6.45, 7) is 2.63. The van der Waals surface area contributed by atoms with Crippen LogP contribution in [0.25, 0.3) is 0 Å². The Morgan fingerprint density at radius 2 is 2.28 bits per heavy atom. The molecule has 0 spiro atoms. The highest BCUT2D eigenvalue weighted by Gasteiger charge is 2.35. The van der Waals surface area contributed by atoms with Crippen LogP contribution in [0.5, 0.6) is 5.75 Å². The van der Waals surface area contributed by atoms with Crippen molar-refractivity contribution >= 4 is 23.4 Å². The molecular formula is C14H17NO2S. The first-order valence-electron chi connectivity index (χ1n) is 6.44. The molecule has 3 nitrogen and oxygen atoms in total. The minimum Gasteiger partial charge on any atom is -0.489 e. The van der Waals surface area contributed by atoms with Crippen LogP contribution in [0.1, 0.15) is 19.8 Å². The Morgan fingerprint density at radius 1 is 1.44 bits per heavy atom. The van der Waals surface area contributed by atoms with Gasteiger partial charge in [0.05, 0.1) is 17.0 Å². The molecular weight excluding hydrogens is 246 g/mol. The lowest BCUT2D eigenvalue weighted by atomic mass is 10.1. The molecule has 1 aromatic rings. The standard InChI is InChI=1S/C14H17NO2S/c1-10-9-17-12-6-3-2-5-11(12)15(10)14(16)13-7-4-8-18-13/h2-3,5-6,10,13H,4,7-9H2,1H3. The minimum atomic E-state index is 0.119. The van der Waals surface area contributed by atoms with Gasteiger partial charge in [0.15, 0.2) is 0 Å². The highest BCUT2D eigenvalue weighted by Crippen LogP contribution is 2.37. The molecule has 2 heterocycles. The molecule has 1 aromatic carbocycles. The predicted octanol–water partition coefficient (Wildman–Crippen LogP) is 2.70. The SMILES string of the molecule is CC1COc2ccccc2N1C(=O)C1CCCS1. The van der Waals surface area contributed by atoms with Gasteiger partial charge in [-0.25, -0.2) is 0 Å². The number of benzene rings is 1. The number of thioether (sulfide) groups is 1. The number of amides is 1. The maximum atomic E-state index is 12.6. The van der Waals surface area contributed by atoms with E-state index in [0.29, 0.717) is 6.61 Å². The number of para-hydroxylation sites is 2. The van der Waals surface area contributed by atoms with Crippen molar-refractivity contribution in [3.8, 4) is 5.75 Å². The first-order valence-corrected chi connectivity index (χ1v) is 7.49. The van der Waals surface area contributed by atoms with Crippen molar-refractivity contribution in [3.63, 3.8) is 0 Å². The summed E-state index contributed by atoms with van der Waals surface area (Å²) in [7, 11) is 0. The van der Waals surface area contributed by atoms with Crippen molar-refractivity contribution in [2.45, 2.75) is 31.1 Å². The van der Waals surface area contributed by atoms with E-state index in [2.05, 4.69) is 0 Å². The summed E-state index contributed by atoms with van der Waals surface area (Å²) in [4.78, 5) is 14.6. The van der Waals surface area contributed by atoms with Gasteiger partial charge in [0.1, 0.15) is 12.4 Å². The summed E-state index contributed by atoms with van der Waals surface area (Å²) in [5, 5.41) is 0.138. The van der Waals surface area contributed by atoms with Crippen molar-refractivity contribution in [3.05, 3.63) is 24.3 Å². The Hall–Kier alpha value is -1.16. The fraction of sp³-hybridized carbons (Fsp3) is 0.500. The third-order valence-corrected chi connectivity index (χ3v) is 4.85. The van der Waals surface area contributed by atoms with Crippen LogP contribution in [0, 0.1) is 0 Å². The molecule has 4 heteroatoms. The van der Waals surface area contributed by atoms with Crippen LogP contribution in [0.3, 0.4) is 0 Å². The minimum absolute atomic E-state index is 0.119. The zero-order valence-electron chi connectivity index (χ0n) is 10.5. The van der Waals surface area contributed by atoms with Gasteiger partial charge in [0.2, 0.25) is 5.91 Å². The maximum Gasteiger partial charge on any atom is 0.240 e. The van der Waals surface area contributed by atoms with Gasteiger partial charge in [0, 0.05) is 0 Å². The molecule has 1 saturated heterocycles. The summed E-state index contributed by atoms with van der Waals surface area (Å²) in [6.07, 6.45) is 2.16. The molecule has 0 aliphatic carbocycles. The summed E-state index contributed by atoms with van der Waals surface area (Å²) >= 11 is 1.79. The molecule has 0 saturated carbocycles. The Kier molecular flexibility index (Phi) is 3.20. The molecule has 1 amide bonds. The zero-order valence-corrected chi connectivity index (χ0v) is 11.3. The van der Waals surface area contributed by atoms with E-state index < -0.39 is 0 Å². The summed E-state index contributed by atoms with van der Waals surface area (Å²) in [5.74, 6) is 2.18. The first-order chi connectivity index (χ1) is 8.77. The quantitative estimate of drug-likeness (QED) is 0.780. The topological polar surface area (TPSA) is 29.5 Å². The molecule has 2 aliphatic heterocycles. The Balaban J connectivity index is 1.92. The molecule has 3 rings (SSSR count). The van der Waals surface area contributed by atoms with Gasteiger partial charge in [-0.2, -0.15) is 0 Å². The van der Waals surface area contributed by atoms with E-state index in [1.54, 1.807) is 11.8 Å². The highest BCUT2D eigenvalue weighted by molar-refractivity contribution is 8.00. The van der Waals surface area contributed by atoms with Crippen molar-refractivity contribution in [2.24, 2.45) is 0 Å². The van der Waals surface area contributed by atoms with E-state index in [-0.39, 0.29) is 17.2 Å². The maximum absolute atomic E-state index is 12.6. The second kappa shape index (κ2) is 4.84. The molecule has 2 aliphatic rings. The molecule has 0 N–H and O–H groups in total. The Bertz CT molecular complexity index is 457. The molecule has 2 unspecified atom stereocenters. The zero-order chi connectivity index (χ0) is 12.5. The largest absolute Gasteiger partial charge is 0.489 e. The number of anilines is 1. The average Bonchev–Trinajstić information content (AvgIpc) is 2.92. The molecule has 0 aromatic heterocycles. The summed E-state index contributed by atoms with van der Waals surface area (Å²) < 4.78 is 5.68. The van der Waals surface area contributed by atoms with Crippen LogP contribution in [0.4, 0.5) is 5.69 Å². The molecule has 1 fully saturated rings. The van der Waals surface area contributed by atoms with Gasteiger partial charge < -0.3 is 9.64 Å². The Labute approximate surface area is 111 Å². The van der Waals surface area contributed by atoms with Crippen molar-refractivity contribution in [1.29, 1.82) is 0 Å². The third-order valence-electron chi connectivity index (χ3n) is 3.49. The lowest BCUT2D eigenvalue weighted by Gasteiger charge is -2.36. The monoisotopic (exact) mass is 263 g/mol. The van der Waals surface area contributed by atoms with Crippen LogP contribution in [-0.2, 0) is 4.79 Å². The van der Waals surface area contributed by atoms with E-state index in [1.807, 2.05) is 36.1 Å². The summed E-state index contributed by atoms with van der Waals surface area (Å²) in [6, 6.07) is 7.93. The third kappa shape index (κ3) is 1.99. The van der Waals surface area contributed by atoms with E-state index in [1.165, 1.54) is 0 Å². The van der Waals surface area contributed by atoms with E-state index >= 15 is 0 Å². The normalized spacial score (nSPS) is 26.6. The van der Waals surface area contributed by atoms with Crippen LogP contribution in [0.15, 0.2) is 24.3 Å². The number of carbonyl (C=O) groups is 1. The van der Waals surface area contributed by atoms with Gasteiger partial charge in [0.25, 0.3) is 0 Å². The van der Waals surface area contributed by atoms with E-state index in [0.717, 1.165) is 30.0 Å².